The summed E-state index contributed by atoms with van der Waals surface area (Å²) < 4.78 is 41.9. The first kappa shape index (κ1) is 17.0. The van der Waals surface area contributed by atoms with Gasteiger partial charge in [0.05, 0.1) is 18.7 Å². The Morgan fingerprint density at radius 1 is 1.43 bits per heavy atom. The van der Waals surface area contributed by atoms with E-state index in [4.69, 9.17) is 5.73 Å². The molecule has 7 heteroatoms. The van der Waals surface area contributed by atoms with E-state index >= 15 is 0 Å². The molecule has 0 aliphatic rings. The summed E-state index contributed by atoms with van der Waals surface area (Å²) in [5.74, 6) is 3.85. The lowest BCUT2D eigenvalue weighted by atomic mass is 10.1. The Labute approximate surface area is 120 Å². The number of carbonyl (C=O) groups excluding carboxylic acids is 1. The minimum absolute atomic E-state index is 0.0136. The predicted molar refractivity (Wildman–Crippen MR) is 71.5 cm³/mol. The van der Waals surface area contributed by atoms with Crippen LogP contribution in [-0.2, 0) is 4.74 Å². The van der Waals surface area contributed by atoms with E-state index in [0.29, 0.717) is 5.56 Å². The zero-order chi connectivity index (χ0) is 15.7. The maximum absolute atomic E-state index is 13.7. The Kier molecular flexibility index (Phi) is 7.29. The molecule has 114 valence electrons. The molecule has 3 N–H and O–H groups in total. The molecule has 0 unspecified atom stereocenters. The van der Waals surface area contributed by atoms with Gasteiger partial charge >= 0.3 is 0 Å². The van der Waals surface area contributed by atoms with Crippen molar-refractivity contribution in [3.63, 3.8) is 0 Å². The molecule has 0 spiro atoms. The lowest BCUT2D eigenvalue weighted by Crippen LogP contribution is -2.28. The van der Waals surface area contributed by atoms with Crippen LogP contribution < -0.4 is 11.1 Å². The van der Waals surface area contributed by atoms with Crippen molar-refractivity contribution in [1.29, 1.82) is 0 Å². The highest BCUT2D eigenvalue weighted by molar-refractivity contribution is 5.94. The molecule has 0 bridgehead atoms. The second-order valence-electron chi connectivity index (χ2n) is 3.92. The predicted octanol–water partition coefficient (Wildman–Crippen LogP) is 1.15. The molecule has 1 rings (SSSR count). The van der Waals surface area contributed by atoms with Crippen LogP contribution in [0.15, 0.2) is 18.2 Å². The van der Waals surface area contributed by atoms with Gasteiger partial charge in [-0.1, -0.05) is 11.8 Å². The van der Waals surface area contributed by atoms with Crippen LogP contribution in [0, 0.1) is 17.7 Å². The van der Waals surface area contributed by atoms with Crippen molar-refractivity contribution in [1.82, 2.24) is 5.32 Å². The van der Waals surface area contributed by atoms with Crippen molar-refractivity contribution in [2.75, 3.05) is 26.3 Å². The van der Waals surface area contributed by atoms with E-state index in [1.165, 1.54) is 12.1 Å². The molecular formula is C14H15F3N2O2. The molecule has 1 amide bonds. The molecule has 1 aromatic rings. The number of nitrogens with one attached hydrogen (secondary N) is 1. The number of carbonyl (C=O) groups is 1. The van der Waals surface area contributed by atoms with Crippen LogP contribution in [0.3, 0.4) is 0 Å². The number of benzene rings is 1. The van der Waals surface area contributed by atoms with Gasteiger partial charge in [0, 0.05) is 12.1 Å². The Morgan fingerprint density at radius 3 is 2.81 bits per heavy atom. The third kappa shape index (κ3) is 6.29. The number of hydrogen-bond donors (Lipinski definition) is 2. The van der Waals surface area contributed by atoms with Gasteiger partial charge in [0.15, 0.2) is 0 Å². The first-order valence-electron chi connectivity index (χ1n) is 6.17. The van der Waals surface area contributed by atoms with E-state index < -0.39 is 24.8 Å². The third-order valence-electron chi connectivity index (χ3n) is 2.32. The van der Waals surface area contributed by atoms with Gasteiger partial charge in [0.2, 0.25) is 0 Å². The number of halogens is 3. The molecule has 0 fully saturated rings. The monoisotopic (exact) mass is 300 g/mol. The van der Waals surface area contributed by atoms with E-state index in [2.05, 4.69) is 21.9 Å². The summed E-state index contributed by atoms with van der Waals surface area (Å²) in [5.41, 5.74) is 5.46. The Morgan fingerprint density at radius 2 is 2.19 bits per heavy atom. The fourth-order valence-electron chi connectivity index (χ4n) is 1.43. The number of hydrogen-bond acceptors (Lipinski definition) is 3. The van der Waals surface area contributed by atoms with Crippen LogP contribution >= 0.6 is 0 Å². The molecule has 0 atom stereocenters. The maximum atomic E-state index is 13.7. The quantitative estimate of drug-likeness (QED) is 0.612. The van der Waals surface area contributed by atoms with Crippen LogP contribution in [0.25, 0.3) is 0 Å². The van der Waals surface area contributed by atoms with E-state index in [-0.39, 0.29) is 25.3 Å². The van der Waals surface area contributed by atoms with Crippen molar-refractivity contribution in [2.45, 2.75) is 6.43 Å². The Hall–Kier alpha value is -2.04. The van der Waals surface area contributed by atoms with Gasteiger partial charge in [-0.3, -0.25) is 4.79 Å². The number of nitrogens with two attached hydrogens (primary N) is 1. The maximum Gasteiger partial charge on any atom is 0.261 e. The van der Waals surface area contributed by atoms with Crippen molar-refractivity contribution < 1.29 is 22.7 Å². The molecule has 0 saturated heterocycles. The summed E-state index contributed by atoms with van der Waals surface area (Å²) in [4.78, 5) is 11.7. The minimum atomic E-state index is -2.56. The Balaban J connectivity index is 2.51. The minimum Gasteiger partial charge on any atom is -0.374 e. The van der Waals surface area contributed by atoms with Gasteiger partial charge in [-0.15, -0.1) is 0 Å². The average Bonchev–Trinajstić information content (AvgIpc) is 2.44. The first-order valence-corrected chi connectivity index (χ1v) is 6.17. The lowest BCUT2D eigenvalue weighted by molar-refractivity contribution is 0.0188. The van der Waals surface area contributed by atoms with Crippen molar-refractivity contribution in [3.05, 3.63) is 35.1 Å². The summed E-state index contributed by atoms with van der Waals surface area (Å²) in [6.45, 7) is -0.599. The number of ether oxygens (including phenoxy) is 1. The molecule has 0 aliphatic carbocycles. The average molecular weight is 300 g/mol. The Bertz CT molecular complexity index is 539. The fraction of sp³-hybridized carbons (Fsp3) is 0.357. The summed E-state index contributed by atoms with van der Waals surface area (Å²) >= 11 is 0. The highest BCUT2D eigenvalue weighted by atomic mass is 19.3. The largest absolute Gasteiger partial charge is 0.374 e. The number of rotatable bonds is 6. The number of amides is 1. The molecule has 21 heavy (non-hydrogen) atoms. The van der Waals surface area contributed by atoms with Gasteiger partial charge < -0.3 is 15.8 Å². The van der Waals surface area contributed by atoms with E-state index in [1.807, 2.05) is 0 Å². The molecular weight excluding hydrogens is 285 g/mol. The van der Waals surface area contributed by atoms with Gasteiger partial charge in [0.25, 0.3) is 12.3 Å². The topological polar surface area (TPSA) is 64.4 Å². The van der Waals surface area contributed by atoms with Crippen LogP contribution in [0.2, 0.25) is 0 Å². The van der Waals surface area contributed by atoms with Crippen molar-refractivity contribution >= 4 is 5.91 Å². The van der Waals surface area contributed by atoms with Crippen molar-refractivity contribution in [3.8, 4) is 11.8 Å². The summed E-state index contributed by atoms with van der Waals surface area (Å²) in [6, 6.07) is 3.92. The number of alkyl halides is 2. The summed E-state index contributed by atoms with van der Waals surface area (Å²) in [7, 11) is 0. The molecule has 0 aromatic heterocycles. The van der Waals surface area contributed by atoms with Crippen LogP contribution in [0.1, 0.15) is 15.9 Å². The molecule has 0 heterocycles. The zero-order valence-corrected chi connectivity index (χ0v) is 11.2. The molecule has 0 saturated carbocycles. The molecule has 1 aromatic carbocycles. The summed E-state index contributed by atoms with van der Waals surface area (Å²) in [6.07, 6.45) is -2.56. The molecule has 4 nitrogen and oxygen atoms in total. The second-order valence-corrected chi connectivity index (χ2v) is 3.92. The van der Waals surface area contributed by atoms with Crippen LogP contribution in [0.4, 0.5) is 13.2 Å². The van der Waals surface area contributed by atoms with Gasteiger partial charge in [-0.25, -0.2) is 13.2 Å². The van der Waals surface area contributed by atoms with Gasteiger partial charge in [-0.05, 0) is 18.2 Å². The first-order chi connectivity index (χ1) is 10.0. The standard InChI is InChI=1S/C14H15F3N2O2/c15-12-8-10(2-1-5-18)3-4-11(12)14(20)19-6-7-21-9-13(16)17/h3-4,8,13H,5-7,9,18H2,(H,19,20). The van der Waals surface area contributed by atoms with Crippen LogP contribution in [0.5, 0.6) is 0 Å². The van der Waals surface area contributed by atoms with Crippen molar-refractivity contribution in [2.24, 2.45) is 5.73 Å². The zero-order valence-electron chi connectivity index (χ0n) is 11.2. The molecule has 0 radical (unpaired) electrons. The van der Waals surface area contributed by atoms with Crippen LogP contribution in [-0.4, -0.2) is 38.6 Å². The molecule has 0 aliphatic heterocycles. The SMILES string of the molecule is NCC#Cc1ccc(C(=O)NCCOCC(F)F)c(F)c1. The normalized spacial score (nSPS) is 10.1. The van der Waals surface area contributed by atoms with Gasteiger partial charge in [0.1, 0.15) is 12.4 Å². The third-order valence-corrected chi connectivity index (χ3v) is 2.32. The smallest absolute Gasteiger partial charge is 0.261 e. The van der Waals surface area contributed by atoms with E-state index in [1.54, 1.807) is 0 Å². The lowest BCUT2D eigenvalue weighted by Gasteiger charge is -2.07. The highest BCUT2D eigenvalue weighted by Gasteiger charge is 2.11. The van der Waals surface area contributed by atoms with E-state index in [9.17, 15) is 18.0 Å². The van der Waals surface area contributed by atoms with Gasteiger partial charge in [-0.2, -0.15) is 0 Å². The fourth-order valence-corrected chi connectivity index (χ4v) is 1.43. The van der Waals surface area contributed by atoms with E-state index in [0.717, 1.165) is 6.07 Å². The summed E-state index contributed by atoms with van der Waals surface area (Å²) in [5, 5.41) is 2.37. The second kappa shape index (κ2) is 9.00. The highest BCUT2D eigenvalue weighted by Crippen LogP contribution is 2.09.